The molecule has 0 saturated carbocycles. The molecule has 0 heterocycles. The Morgan fingerprint density at radius 2 is 1.10 bits per heavy atom. The normalized spacial score (nSPS) is 16.4. The third-order valence-electron chi connectivity index (χ3n) is 7.32. The van der Waals surface area contributed by atoms with Gasteiger partial charge in [-0.05, 0) is 96.2 Å². The number of hydrogen-bond acceptors (Lipinski definition) is 8. The molecule has 254 valence electrons. The topological polar surface area (TPSA) is 94.9 Å². The molecule has 0 aliphatic carbocycles. The van der Waals surface area contributed by atoms with Gasteiger partial charge in [0.1, 0.15) is 0 Å². The molecule has 0 bridgehead atoms. The molecule has 3 N–H and O–H groups in total. The molecule has 4 unspecified atom stereocenters. The largest absolute Gasteiger partial charge is 0.455 e. The second kappa shape index (κ2) is 21.4. The Kier molecular flexibility index (Phi) is 21.6. The van der Waals surface area contributed by atoms with Crippen molar-refractivity contribution in [3.8, 4) is 0 Å². The van der Waals surface area contributed by atoms with Crippen molar-refractivity contribution in [2.75, 3.05) is 66.7 Å². The molecule has 0 radical (unpaired) electrons. The highest BCUT2D eigenvalue weighted by Gasteiger charge is 2.32. The Labute approximate surface area is 265 Å². The van der Waals surface area contributed by atoms with Crippen molar-refractivity contribution in [3.63, 3.8) is 0 Å². The first kappa shape index (κ1) is 42.5. The number of nitrogens with zero attached hydrogens (tertiary/aromatic N) is 2. The van der Waals surface area contributed by atoms with Gasteiger partial charge in [-0.15, -0.1) is 0 Å². The molecular weight excluding hydrogens is 597 g/mol. The van der Waals surface area contributed by atoms with Gasteiger partial charge in [-0.2, -0.15) is 0 Å². The number of aliphatic hydroxyl groups excluding tert-OH is 2. The Balaban J connectivity index is 4.10. The summed E-state index contributed by atoms with van der Waals surface area (Å²) in [4.78, 5) is 14.5. The van der Waals surface area contributed by atoms with E-state index in [1.54, 1.807) is 0 Å². The summed E-state index contributed by atoms with van der Waals surface area (Å²) in [6, 6.07) is 4.33. The van der Waals surface area contributed by atoms with Crippen LogP contribution in [0.15, 0.2) is 0 Å². The molecule has 0 amide bonds. The molecule has 0 fully saturated rings. The van der Waals surface area contributed by atoms with Crippen LogP contribution in [-0.2, 0) is 13.6 Å². The van der Waals surface area contributed by atoms with Crippen LogP contribution in [0.2, 0.25) is 76.6 Å². The second-order valence-electron chi connectivity index (χ2n) is 15.6. The first-order valence-electron chi connectivity index (χ1n) is 16.5. The SMILES string of the molecule is CC(CN(C)CC(O)COCCC[Si](C)(C)O[Si](C)(C)CCCOCC(O)CN(C)CC(C)C[Si](C)(C)O)C[SiH](C)C. The van der Waals surface area contributed by atoms with E-state index in [0.717, 1.165) is 44.1 Å². The maximum absolute atomic E-state index is 10.4. The van der Waals surface area contributed by atoms with Crippen molar-refractivity contribution in [3.05, 3.63) is 0 Å². The van der Waals surface area contributed by atoms with Gasteiger partial charge < -0.3 is 38.4 Å². The predicted molar refractivity (Wildman–Crippen MR) is 190 cm³/mol. The summed E-state index contributed by atoms with van der Waals surface area (Å²) in [5.41, 5.74) is 0. The van der Waals surface area contributed by atoms with Gasteiger partial charge in [0, 0.05) is 48.2 Å². The number of hydrogen-bond donors (Lipinski definition) is 3. The molecule has 0 aliphatic rings. The first-order chi connectivity index (χ1) is 19.2. The van der Waals surface area contributed by atoms with Crippen molar-refractivity contribution in [1.29, 1.82) is 0 Å². The van der Waals surface area contributed by atoms with Crippen molar-refractivity contribution in [2.45, 2.75) is 115 Å². The van der Waals surface area contributed by atoms with Crippen LogP contribution in [0.1, 0.15) is 26.7 Å². The molecule has 0 aliphatic heterocycles. The van der Waals surface area contributed by atoms with E-state index in [1.165, 1.54) is 6.04 Å². The maximum Gasteiger partial charge on any atom is 0.182 e. The fourth-order valence-corrected chi connectivity index (χ4v) is 18.7. The van der Waals surface area contributed by atoms with E-state index >= 15 is 0 Å². The number of aliphatic hydroxyl groups is 2. The highest BCUT2D eigenvalue weighted by atomic mass is 28.4. The van der Waals surface area contributed by atoms with Crippen LogP contribution in [0, 0.1) is 11.8 Å². The summed E-state index contributed by atoms with van der Waals surface area (Å²) in [7, 11) is -2.06. The van der Waals surface area contributed by atoms with Gasteiger partial charge in [-0.25, -0.2) is 0 Å². The molecule has 0 saturated heterocycles. The van der Waals surface area contributed by atoms with Crippen LogP contribution >= 0.6 is 0 Å². The fourth-order valence-electron chi connectivity index (χ4n) is 6.32. The van der Waals surface area contributed by atoms with E-state index in [4.69, 9.17) is 13.6 Å². The summed E-state index contributed by atoms with van der Waals surface area (Å²) >= 11 is 0. The van der Waals surface area contributed by atoms with Crippen molar-refractivity contribution >= 4 is 33.7 Å². The van der Waals surface area contributed by atoms with E-state index in [1.807, 2.05) is 20.1 Å². The van der Waals surface area contributed by atoms with Gasteiger partial charge in [0.15, 0.2) is 25.0 Å². The average Bonchev–Trinajstić information content (AvgIpc) is 2.75. The van der Waals surface area contributed by atoms with Crippen molar-refractivity contribution < 1.29 is 28.6 Å². The number of likely N-dealkylation sites (N-methyl/N-ethyl adjacent to an activating group) is 2. The minimum Gasteiger partial charge on any atom is -0.455 e. The molecule has 42 heavy (non-hydrogen) atoms. The third kappa shape index (κ3) is 25.8. The van der Waals surface area contributed by atoms with Gasteiger partial charge in [-0.1, -0.05) is 33.0 Å². The molecule has 0 aromatic rings. The lowest BCUT2D eigenvalue weighted by Gasteiger charge is -2.34. The molecule has 8 nitrogen and oxygen atoms in total. The minimum atomic E-state index is -2.05. The Hall–Kier alpha value is 0.548. The molecule has 0 spiro atoms. The monoisotopic (exact) mass is 668 g/mol. The summed E-state index contributed by atoms with van der Waals surface area (Å²) < 4.78 is 18.4. The van der Waals surface area contributed by atoms with Gasteiger partial charge >= 0.3 is 0 Å². The van der Waals surface area contributed by atoms with Gasteiger partial charge in [0.05, 0.1) is 25.4 Å². The van der Waals surface area contributed by atoms with E-state index in [2.05, 4.69) is 70.0 Å². The number of ether oxygens (including phenoxy) is 2. The molecular formula is C30H72N2O6Si4. The van der Waals surface area contributed by atoms with E-state index < -0.39 is 46.0 Å². The van der Waals surface area contributed by atoms with Gasteiger partial charge in [0.25, 0.3) is 0 Å². The minimum absolute atomic E-state index is 0.353. The predicted octanol–water partition coefficient (Wildman–Crippen LogP) is 4.77. The lowest BCUT2D eigenvalue weighted by molar-refractivity contribution is 0.0193. The summed E-state index contributed by atoms with van der Waals surface area (Å²) in [6.45, 7) is 27.7. The Morgan fingerprint density at radius 3 is 1.48 bits per heavy atom. The van der Waals surface area contributed by atoms with Crippen LogP contribution in [-0.4, -0.2) is 137 Å². The highest BCUT2D eigenvalue weighted by Crippen LogP contribution is 2.24. The zero-order chi connectivity index (χ0) is 32.6. The standard InChI is InChI=1S/C30H72N2O6Si4/c1-27(25-39(5)6)19-31(3)21-29(33)23-36-15-13-17-41(9,10)38-42(11,12)18-14-16-37-24-30(34)22-32(4)20-28(2)26-40(7,8)35/h27-30,33-35,39H,13-26H2,1-12H3. The second-order valence-corrected chi connectivity index (χ2v) is 31.7. The molecule has 12 heteroatoms. The summed E-state index contributed by atoms with van der Waals surface area (Å²) in [5.74, 6) is 1.11. The van der Waals surface area contributed by atoms with Crippen LogP contribution in [0.5, 0.6) is 0 Å². The lowest BCUT2D eigenvalue weighted by atomic mass is 10.2. The van der Waals surface area contributed by atoms with Crippen LogP contribution in [0.4, 0.5) is 0 Å². The van der Waals surface area contributed by atoms with E-state index in [9.17, 15) is 15.0 Å². The summed E-state index contributed by atoms with van der Waals surface area (Å²) in [5, 5.41) is 20.8. The molecule has 0 aromatic heterocycles. The summed E-state index contributed by atoms with van der Waals surface area (Å²) in [6.07, 6.45) is 0.979. The Bertz CT molecular complexity index is 685. The smallest absolute Gasteiger partial charge is 0.182 e. The maximum atomic E-state index is 10.4. The Morgan fingerprint density at radius 1 is 0.690 bits per heavy atom. The van der Waals surface area contributed by atoms with Crippen LogP contribution in [0.3, 0.4) is 0 Å². The van der Waals surface area contributed by atoms with Gasteiger partial charge in [-0.3, -0.25) is 0 Å². The lowest BCUT2D eigenvalue weighted by Crippen LogP contribution is -2.44. The van der Waals surface area contributed by atoms with Crippen molar-refractivity contribution in [2.24, 2.45) is 11.8 Å². The van der Waals surface area contributed by atoms with E-state index in [-0.39, 0.29) is 0 Å². The van der Waals surface area contributed by atoms with Crippen LogP contribution < -0.4 is 0 Å². The molecule has 0 rings (SSSR count). The average molecular weight is 669 g/mol. The van der Waals surface area contributed by atoms with Crippen molar-refractivity contribution in [1.82, 2.24) is 9.80 Å². The highest BCUT2D eigenvalue weighted by molar-refractivity contribution is 6.84. The van der Waals surface area contributed by atoms with Gasteiger partial charge in [0.2, 0.25) is 0 Å². The molecule has 4 atom stereocenters. The fraction of sp³-hybridized carbons (Fsp3) is 1.00. The third-order valence-corrected chi connectivity index (χ3v) is 18.3. The molecule has 0 aromatic carbocycles. The van der Waals surface area contributed by atoms with Crippen LogP contribution in [0.25, 0.3) is 0 Å². The first-order valence-corrected chi connectivity index (χ1v) is 29.0. The zero-order valence-electron chi connectivity index (χ0n) is 29.7. The zero-order valence-corrected chi connectivity index (χ0v) is 33.9. The van der Waals surface area contributed by atoms with E-state index in [0.29, 0.717) is 51.4 Å². The quantitative estimate of drug-likeness (QED) is 0.0897. The number of rotatable bonds is 26.